The smallest absolute Gasteiger partial charge is 0.231 e. The Bertz CT molecular complexity index is 1410. The SMILES string of the molecule is Clc1cccc(-c2cc3cccnc3n3c(-c4ccc5c(c4)OCO5)nnc23)c1. The fraction of sp³-hybridized carbons (Fsp3) is 0.0455. The normalized spacial score (nSPS) is 12.7. The third kappa shape index (κ3) is 2.53. The molecule has 0 spiro atoms. The van der Waals surface area contributed by atoms with Crippen molar-refractivity contribution in [1.82, 2.24) is 19.6 Å². The molecule has 0 N–H and O–H groups in total. The molecule has 140 valence electrons. The molecule has 6 nitrogen and oxygen atoms in total. The van der Waals surface area contributed by atoms with E-state index in [1.54, 1.807) is 6.20 Å². The molecule has 1 aliphatic heterocycles. The highest BCUT2D eigenvalue weighted by atomic mass is 35.5. The number of aromatic nitrogens is 4. The summed E-state index contributed by atoms with van der Waals surface area (Å²) in [5, 5.41) is 10.6. The van der Waals surface area contributed by atoms with Gasteiger partial charge in [0.1, 0.15) is 5.65 Å². The van der Waals surface area contributed by atoms with E-state index in [9.17, 15) is 0 Å². The lowest BCUT2D eigenvalue weighted by Gasteiger charge is -2.09. The molecule has 0 unspecified atom stereocenters. The van der Waals surface area contributed by atoms with Crippen LogP contribution in [0.25, 0.3) is 39.2 Å². The van der Waals surface area contributed by atoms with Crippen LogP contribution in [0.1, 0.15) is 0 Å². The summed E-state index contributed by atoms with van der Waals surface area (Å²) in [4.78, 5) is 4.59. The van der Waals surface area contributed by atoms with Crippen LogP contribution in [-0.4, -0.2) is 26.4 Å². The van der Waals surface area contributed by atoms with Gasteiger partial charge in [-0.25, -0.2) is 4.98 Å². The second-order valence-corrected chi connectivity index (χ2v) is 7.17. The van der Waals surface area contributed by atoms with Crippen LogP contribution in [0.2, 0.25) is 5.02 Å². The van der Waals surface area contributed by atoms with Gasteiger partial charge in [0.25, 0.3) is 0 Å². The largest absolute Gasteiger partial charge is 0.454 e. The van der Waals surface area contributed by atoms with Crippen LogP contribution in [0.5, 0.6) is 11.5 Å². The minimum absolute atomic E-state index is 0.225. The lowest BCUT2D eigenvalue weighted by molar-refractivity contribution is 0.174. The molecule has 1 aliphatic rings. The van der Waals surface area contributed by atoms with Gasteiger partial charge in [0.15, 0.2) is 23.0 Å². The minimum Gasteiger partial charge on any atom is -0.454 e. The van der Waals surface area contributed by atoms with Gasteiger partial charge in [-0.15, -0.1) is 10.2 Å². The standard InChI is InChI=1S/C22H13ClN4O2/c23-16-5-1-3-13(9-16)17-10-14-4-2-8-24-20(14)27-21(25-26-22(17)27)15-6-7-18-19(11-15)29-12-28-18/h1-11H,12H2. The van der Waals surface area contributed by atoms with Gasteiger partial charge in [-0.05, 0) is 54.1 Å². The van der Waals surface area contributed by atoms with Gasteiger partial charge in [0, 0.05) is 27.7 Å². The zero-order valence-electron chi connectivity index (χ0n) is 15.0. The Labute approximate surface area is 170 Å². The number of pyridine rings is 2. The third-order valence-corrected chi connectivity index (χ3v) is 5.23. The molecule has 0 saturated heterocycles. The number of benzene rings is 2. The molecule has 0 atom stereocenters. The van der Waals surface area contributed by atoms with Crippen LogP contribution < -0.4 is 9.47 Å². The van der Waals surface area contributed by atoms with Crippen molar-refractivity contribution in [2.45, 2.75) is 0 Å². The quantitative estimate of drug-likeness (QED) is 0.417. The summed E-state index contributed by atoms with van der Waals surface area (Å²) in [6, 6.07) is 19.5. The molecule has 3 aromatic heterocycles. The first-order valence-electron chi connectivity index (χ1n) is 9.07. The average Bonchev–Trinajstić information content (AvgIpc) is 3.40. The molecule has 29 heavy (non-hydrogen) atoms. The molecule has 5 aromatic rings. The molecular formula is C22H13ClN4O2. The Morgan fingerprint density at radius 2 is 1.76 bits per heavy atom. The van der Waals surface area contributed by atoms with Gasteiger partial charge in [-0.3, -0.25) is 4.40 Å². The molecule has 0 amide bonds. The summed E-state index contributed by atoms with van der Waals surface area (Å²) in [6.45, 7) is 0.225. The van der Waals surface area contributed by atoms with Crippen molar-refractivity contribution in [2.24, 2.45) is 0 Å². The Morgan fingerprint density at radius 1 is 0.828 bits per heavy atom. The third-order valence-electron chi connectivity index (χ3n) is 5.00. The molecule has 7 heteroatoms. The first-order chi connectivity index (χ1) is 14.3. The lowest BCUT2D eigenvalue weighted by atomic mass is 10.1. The maximum absolute atomic E-state index is 6.24. The fourth-order valence-electron chi connectivity index (χ4n) is 3.68. The summed E-state index contributed by atoms with van der Waals surface area (Å²) in [7, 11) is 0. The van der Waals surface area contributed by atoms with Gasteiger partial charge < -0.3 is 9.47 Å². The van der Waals surface area contributed by atoms with E-state index in [4.69, 9.17) is 21.1 Å². The molecule has 6 rings (SSSR count). The minimum atomic E-state index is 0.225. The Kier molecular flexibility index (Phi) is 3.48. The van der Waals surface area contributed by atoms with E-state index >= 15 is 0 Å². The van der Waals surface area contributed by atoms with Crippen LogP contribution in [-0.2, 0) is 0 Å². The molecule has 4 heterocycles. The zero-order chi connectivity index (χ0) is 19.4. The van der Waals surface area contributed by atoms with Gasteiger partial charge in [0.05, 0.1) is 0 Å². The van der Waals surface area contributed by atoms with E-state index in [0.29, 0.717) is 22.2 Å². The van der Waals surface area contributed by atoms with Crippen molar-refractivity contribution in [3.63, 3.8) is 0 Å². The Hall–Kier alpha value is -3.64. The predicted molar refractivity (Wildman–Crippen MR) is 110 cm³/mol. The number of rotatable bonds is 2. The molecule has 0 radical (unpaired) electrons. The van der Waals surface area contributed by atoms with Crippen LogP contribution in [0, 0.1) is 0 Å². The van der Waals surface area contributed by atoms with Crippen LogP contribution in [0.15, 0.2) is 66.9 Å². The number of fused-ring (bicyclic) bond motifs is 4. The number of ether oxygens (including phenoxy) is 2. The first kappa shape index (κ1) is 16.3. The molecule has 0 saturated carbocycles. The molecule has 0 bridgehead atoms. The van der Waals surface area contributed by atoms with Crippen molar-refractivity contribution in [1.29, 1.82) is 0 Å². The summed E-state index contributed by atoms with van der Waals surface area (Å²) in [6.07, 6.45) is 1.77. The maximum Gasteiger partial charge on any atom is 0.231 e. The number of hydrogen-bond acceptors (Lipinski definition) is 5. The van der Waals surface area contributed by atoms with E-state index in [1.807, 2.05) is 59.0 Å². The van der Waals surface area contributed by atoms with Crippen LogP contribution in [0.4, 0.5) is 0 Å². The van der Waals surface area contributed by atoms with Crippen molar-refractivity contribution >= 4 is 28.3 Å². The van der Waals surface area contributed by atoms with Gasteiger partial charge in [-0.1, -0.05) is 23.7 Å². The molecule has 2 aromatic carbocycles. The van der Waals surface area contributed by atoms with E-state index < -0.39 is 0 Å². The van der Waals surface area contributed by atoms with E-state index in [0.717, 1.165) is 33.5 Å². The number of nitrogens with zero attached hydrogens (tertiary/aromatic N) is 4. The average molecular weight is 401 g/mol. The maximum atomic E-state index is 6.24. The van der Waals surface area contributed by atoms with Gasteiger partial charge in [0.2, 0.25) is 6.79 Å². The topological polar surface area (TPSA) is 61.5 Å². The van der Waals surface area contributed by atoms with Crippen LogP contribution >= 0.6 is 11.6 Å². The highest BCUT2D eigenvalue weighted by Gasteiger charge is 2.20. The monoisotopic (exact) mass is 400 g/mol. The predicted octanol–water partition coefficient (Wildman–Crippen LogP) is 4.99. The van der Waals surface area contributed by atoms with Crippen molar-refractivity contribution in [3.8, 4) is 34.0 Å². The molecule has 0 aliphatic carbocycles. The van der Waals surface area contributed by atoms with Gasteiger partial charge >= 0.3 is 0 Å². The fourth-order valence-corrected chi connectivity index (χ4v) is 3.87. The van der Waals surface area contributed by atoms with Gasteiger partial charge in [-0.2, -0.15) is 0 Å². The highest BCUT2D eigenvalue weighted by molar-refractivity contribution is 6.30. The lowest BCUT2D eigenvalue weighted by Crippen LogP contribution is -1.97. The molecular weight excluding hydrogens is 388 g/mol. The first-order valence-corrected chi connectivity index (χ1v) is 9.44. The van der Waals surface area contributed by atoms with Crippen molar-refractivity contribution < 1.29 is 9.47 Å². The summed E-state index contributed by atoms with van der Waals surface area (Å²) < 4.78 is 12.9. The van der Waals surface area contributed by atoms with E-state index in [2.05, 4.69) is 21.2 Å². The summed E-state index contributed by atoms with van der Waals surface area (Å²) in [5.41, 5.74) is 4.28. The Balaban J connectivity index is 1.68. The van der Waals surface area contributed by atoms with E-state index in [-0.39, 0.29) is 6.79 Å². The van der Waals surface area contributed by atoms with Crippen LogP contribution in [0.3, 0.4) is 0 Å². The summed E-state index contributed by atoms with van der Waals surface area (Å²) in [5.74, 6) is 2.11. The zero-order valence-corrected chi connectivity index (χ0v) is 15.8. The highest BCUT2D eigenvalue weighted by Crippen LogP contribution is 2.37. The number of halogens is 1. The Morgan fingerprint density at radius 3 is 2.69 bits per heavy atom. The van der Waals surface area contributed by atoms with E-state index in [1.165, 1.54) is 0 Å². The summed E-state index contributed by atoms with van der Waals surface area (Å²) >= 11 is 6.24. The second-order valence-electron chi connectivity index (χ2n) is 6.74. The molecule has 0 fully saturated rings. The van der Waals surface area contributed by atoms with Crippen molar-refractivity contribution in [3.05, 3.63) is 71.9 Å². The number of hydrogen-bond donors (Lipinski definition) is 0. The second kappa shape index (κ2) is 6.18. The van der Waals surface area contributed by atoms with Crippen molar-refractivity contribution in [2.75, 3.05) is 6.79 Å².